The van der Waals surface area contributed by atoms with Crippen molar-refractivity contribution >= 4 is 27.5 Å². The van der Waals surface area contributed by atoms with Gasteiger partial charge in [0.1, 0.15) is 16.5 Å². The summed E-state index contributed by atoms with van der Waals surface area (Å²) in [6.45, 7) is 0.223. The maximum atomic E-state index is 14.0. The second-order valence-corrected chi connectivity index (χ2v) is 9.72. The number of amides is 1. The summed E-state index contributed by atoms with van der Waals surface area (Å²) in [4.78, 5) is 17.6. The highest BCUT2D eigenvalue weighted by Crippen LogP contribution is 2.22. The molecule has 1 amide bonds. The number of sulfonamides is 1. The second-order valence-electron chi connectivity index (χ2n) is 7.38. The number of benzene rings is 2. The number of nitrogens with zero attached hydrogens (tertiary/aromatic N) is 4. The van der Waals surface area contributed by atoms with E-state index in [1.165, 1.54) is 4.90 Å². The van der Waals surface area contributed by atoms with E-state index in [1.54, 1.807) is 24.3 Å². The van der Waals surface area contributed by atoms with Crippen molar-refractivity contribution in [3.05, 3.63) is 65.0 Å². The molecule has 0 N–H and O–H groups in total. The fraction of sp³-hybridized carbons (Fsp3) is 0.286. The summed E-state index contributed by atoms with van der Waals surface area (Å²) in [6, 6.07) is 9.21. The molecule has 12 heteroatoms. The Bertz CT molecular complexity index is 1260. The maximum Gasteiger partial charge on any atom is 0.246 e. The number of hydrogen-bond acceptors (Lipinski definition) is 6. The van der Waals surface area contributed by atoms with Crippen LogP contribution in [0, 0.1) is 11.6 Å². The average Bonchev–Trinajstić information content (AvgIpc) is 3.28. The number of piperazine rings is 1. The van der Waals surface area contributed by atoms with Gasteiger partial charge in [-0.2, -0.15) is 9.29 Å². The van der Waals surface area contributed by atoms with Gasteiger partial charge in [-0.15, -0.1) is 0 Å². The standard InChI is InChI=1S/C21H19ClF2N4O4S/c22-15-3-1-14(2-4-15)21-25-19(32-26-21)7-8-20(29)27-9-11-28(12-10-27)33(30,31)18-13-16(23)5-6-17(18)24/h1-6,13H,7-12H2. The summed E-state index contributed by atoms with van der Waals surface area (Å²) >= 11 is 5.87. The highest BCUT2D eigenvalue weighted by Gasteiger charge is 2.32. The molecule has 33 heavy (non-hydrogen) atoms. The van der Waals surface area contributed by atoms with Crippen molar-refractivity contribution in [1.29, 1.82) is 0 Å². The van der Waals surface area contributed by atoms with Gasteiger partial charge in [-0.05, 0) is 42.5 Å². The van der Waals surface area contributed by atoms with E-state index in [0.29, 0.717) is 22.8 Å². The SMILES string of the molecule is O=C(CCc1nc(-c2ccc(Cl)cc2)no1)N1CCN(S(=O)(=O)c2cc(F)ccc2F)CC1. The lowest BCUT2D eigenvalue weighted by Gasteiger charge is -2.34. The first-order chi connectivity index (χ1) is 15.7. The zero-order valence-corrected chi connectivity index (χ0v) is 18.8. The lowest BCUT2D eigenvalue weighted by atomic mass is 10.2. The summed E-state index contributed by atoms with van der Waals surface area (Å²) in [6.07, 6.45) is 0.333. The first kappa shape index (κ1) is 23.3. The van der Waals surface area contributed by atoms with E-state index in [4.69, 9.17) is 16.1 Å². The van der Waals surface area contributed by atoms with Gasteiger partial charge in [-0.3, -0.25) is 4.79 Å². The molecular formula is C21H19ClF2N4O4S. The molecule has 8 nitrogen and oxygen atoms in total. The van der Waals surface area contributed by atoms with Gasteiger partial charge < -0.3 is 9.42 Å². The molecule has 2 heterocycles. The quantitative estimate of drug-likeness (QED) is 0.520. The van der Waals surface area contributed by atoms with Crippen LogP contribution in [0.15, 0.2) is 51.9 Å². The van der Waals surface area contributed by atoms with E-state index < -0.39 is 26.6 Å². The van der Waals surface area contributed by atoms with Crippen molar-refractivity contribution in [2.24, 2.45) is 0 Å². The molecule has 0 saturated carbocycles. The topological polar surface area (TPSA) is 96.6 Å². The molecule has 1 aliphatic heterocycles. The molecule has 174 valence electrons. The zero-order valence-electron chi connectivity index (χ0n) is 17.2. The van der Waals surface area contributed by atoms with Crippen molar-refractivity contribution in [2.75, 3.05) is 26.2 Å². The van der Waals surface area contributed by atoms with E-state index in [-0.39, 0.29) is 44.9 Å². The molecule has 0 radical (unpaired) electrons. The Hall–Kier alpha value is -2.89. The van der Waals surface area contributed by atoms with Crippen molar-refractivity contribution in [2.45, 2.75) is 17.7 Å². The fourth-order valence-electron chi connectivity index (χ4n) is 3.44. The number of halogens is 3. The van der Waals surface area contributed by atoms with Gasteiger partial charge in [0.25, 0.3) is 0 Å². The third-order valence-corrected chi connectivity index (χ3v) is 7.39. The Morgan fingerprint density at radius 3 is 2.45 bits per heavy atom. The van der Waals surface area contributed by atoms with Crippen molar-refractivity contribution in [3.63, 3.8) is 0 Å². The van der Waals surface area contributed by atoms with E-state index in [1.807, 2.05) is 0 Å². The van der Waals surface area contributed by atoms with Crippen LogP contribution in [0.2, 0.25) is 5.02 Å². The number of rotatable bonds is 6. The third kappa shape index (κ3) is 5.21. The Balaban J connectivity index is 1.32. The van der Waals surface area contributed by atoms with Gasteiger partial charge in [0, 0.05) is 49.6 Å². The molecule has 1 aromatic heterocycles. The average molecular weight is 497 g/mol. The van der Waals surface area contributed by atoms with E-state index in [9.17, 15) is 22.0 Å². The predicted molar refractivity (Wildman–Crippen MR) is 115 cm³/mol. The first-order valence-electron chi connectivity index (χ1n) is 10.1. The van der Waals surface area contributed by atoms with E-state index in [2.05, 4.69) is 10.1 Å². The minimum Gasteiger partial charge on any atom is -0.340 e. The number of aryl methyl sites for hydroxylation is 1. The lowest BCUT2D eigenvalue weighted by Crippen LogP contribution is -2.50. The molecule has 1 aliphatic rings. The number of aromatic nitrogens is 2. The maximum absolute atomic E-state index is 14.0. The summed E-state index contributed by atoms with van der Waals surface area (Å²) in [5.74, 6) is -1.37. The van der Waals surface area contributed by atoms with Crippen LogP contribution in [0.25, 0.3) is 11.4 Å². The van der Waals surface area contributed by atoms with Crippen LogP contribution in [0.3, 0.4) is 0 Å². The Morgan fingerprint density at radius 1 is 1.06 bits per heavy atom. The molecule has 0 bridgehead atoms. The number of carbonyl (C=O) groups is 1. The molecule has 2 aromatic carbocycles. The Kier molecular flexibility index (Phi) is 6.73. The first-order valence-corrected chi connectivity index (χ1v) is 11.9. The highest BCUT2D eigenvalue weighted by atomic mass is 35.5. The molecule has 0 spiro atoms. The predicted octanol–water partition coefficient (Wildman–Crippen LogP) is 3.13. The molecule has 3 aromatic rings. The molecular weight excluding hydrogens is 478 g/mol. The van der Waals surface area contributed by atoms with Crippen molar-refractivity contribution < 1.29 is 26.5 Å². The number of carbonyl (C=O) groups excluding carboxylic acids is 1. The number of hydrogen-bond donors (Lipinski definition) is 0. The Labute approximate surface area is 193 Å². The second kappa shape index (κ2) is 9.54. The molecule has 0 unspecified atom stereocenters. The third-order valence-electron chi connectivity index (χ3n) is 5.23. The van der Waals surface area contributed by atoms with Crippen LogP contribution < -0.4 is 0 Å². The van der Waals surface area contributed by atoms with E-state index >= 15 is 0 Å². The van der Waals surface area contributed by atoms with Crippen LogP contribution in [0.4, 0.5) is 8.78 Å². The highest BCUT2D eigenvalue weighted by molar-refractivity contribution is 7.89. The Morgan fingerprint density at radius 2 is 1.76 bits per heavy atom. The van der Waals surface area contributed by atoms with Gasteiger partial charge in [0.15, 0.2) is 0 Å². The van der Waals surface area contributed by atoms with Crippen LogP contribution in [0.1, 0.15) is 12.3 Å². The summed E-state index contributed by atoms with van der Waals surface area (Å²) in [7, 11) is -4.21. The molecule has 1 fully saturated rings. The minimum atomic E-state index is -4.21. The van der Waals surface area contributed by atoms with Crippen LogP contribution in [-0.2, 0) is 21.2 Å². The van der Waals surface area contributed by atoms with Gasteiger partial charge in [0.2, 0.25) is 27.6 Å². The molecule has 4 rings (SSSR count). The fourth-order valence-corrected chi connectivity index (χ4v) is 5.06. The normalized spacial score (nSPS) is 15.1. The molecule has 0 atom stereocenters. The minimum absolute atomic E-state index is 0.0225. The van der Waals surface area contributed by atoms with Crippen LogP contribution >= 0.6 is 11.6 Å². The van der Waals surface area contributed by atoms with Crippen molar-refractivity contribution in [3.8, 4) is 11.4 Å². The van der Waals surface area contributed by atoms with Gasteiger partial charge in [-0.25, -0.2) is 17.2 Å². The van der Waals surface area contributed by atoms with E-state index in [0.717, 1.165) is 22.0 Å². The van der Waals surface area contributed by atoms with Gasteiger partial charge >= 0.3 is 0 Å². The zero-order chi connectivity index (χ0) is 23.6. The lowest BCUT2D eigenvalue weighted by molar-refractivity contribution is -0.132. The summed E-state index contributed by atoms with van der Waals surface area (Å²) in [5, 5.41) is 4.49. The summed E-state index contributed by atoms with van der Waals surface area (Å²) < 4.78 is 59.0. The molecule has 1 saturated heterocycles. The van der Waals surface area contributed by atoms with Crippen LogP contribution in [0.5, 0.6) is 0 Å². The van der Waals surface area contributed by atoms with Crippen molar-refractivity contribution in [1.82, 2.24) is 19.3 Å². The van der Waals surface area contributed by atoms with Gasteiger partial charge in [0.05, 0.1) is 0 Å². The van der Waals surface area contributed by atoms with Crippen LogP contribution in [-0.4, -0.2) is 59.8 Å². The smallest absolute Gasteiger partial charge is 0.246 e. The monoisotopic (exact) mass is 496 g/mol. The largest absolute Gasteiger partial charge is 0.340 e. The summed E-state index contributed by atoms with van der Waals surface area (Å²) in [5.41, 5.74) is 0.729. The molecule has 0 aliphatic carbocycles. The van der Waals surface area contributed by atoms with Gasteiger partial charge in [-0.1, -0.05) is 16.8 Å².